The lowest BCUT2D eigenvalue weighted by Gasteiger charge is -1.92. The molecule has 0 bridgehead atoms. The number of tetrazole rings is 1. The lowest BCUT2D eigenvalue weighted by atomic mass is 10.3. The van der Waals surface area contributed by atoms with Crippen LogP contribution in [0.1, 0.15) is 0 Å². The van der Waals surface area contributed by atoms with E-state index in [2.05, 4.69) is 25.6 Å². The van der Waals surface area contributed by atoms with Crippen LogP contribution < -0.4 is 0 Å². The summed E-state index contributed by atoms with van der Waals surface area (Å²) in [6, 6.07) is 3.14. The average molecular weight is 165 g/mol. The van der Waals surface area contributed by atoms with E-state index in [4.69, 9.17) is 0 Å². The van der Waals surface area contributed by atoms with Gasteiger partial charge in [0.1, 0.15) is 0 Å². The maximum atomic E-state index is 12.9. The zero-order valence-electron chi connectivity index (χ0n) is 5.90. The van der Waals surface area contributed by atoms with Crippen LogP contribution in [-0.2, 0) is 0 Å². The molecule has 2 aromatic rings. The molecular formula is C6H4FN5. The Morgan fingerprint density at radius 3 is 3.00 bits per heavy atom. The standard InChI is InChI=1S/C6H4FN5/c7-5-4(2-1-3-8-5)6-9-11-12-10-6/h1-3H,(H,9,10,11,12). The Hall–Kier alpha value is -1.85. The molecule has 2 rings (SSSR count). The Kier molecular flexibility index (Phi) is 1.51. The van der Waals surface area contributed by atoms with E-state index in [-0.39, 0.29) is 11.4 Å². The van der Waals surface area contributed by atoms with Gasteiger partial charge in [-0.2, -0.15) is 9.60 Å². The fraction of sp³-hybridized carbons (Fsp3) is 0. The van der Waals surface area contributed by atoms with Gasteiger partial charge >= 0.3 is 0 Å². The minimum atomic E-state index is -0.598. The third kappa shape index (κ3) is 1.03. The van der Waals surface area contributed by atoms with Gasteiger partial charge in [0, 0.05) is 6.20 Å². The van der Waals surface area contributed by atoms with Crippen LogP contribution >= 0.6 is 0 Å². The molecule has 0 fully saturated rings. The highest BCUT2D eigenvalue weighted by atomic mass is 19.1. The van der Waals surface area contributed by atoms with Crippen LogP contribution in [0.25, 0.3) is 11.4 Å². The summed E-state index contributed by atoms with van der Waals surface area (Å²) in [5.41, 5.74) is 0.242. The van der Waals surface area contributed by atoms with Crippen LogP contribution in [0, 0.1) is 5.95 Å². The molecule has 1 N–H and O–H groups in total. The first-order valence-electron chi connectivity index (χ1n) is 3.22. The lowest BCUT2D eigenvalue weighted by molar-refractivity contribution is 0.586. The minimum Gasteiger partial charge on any atom is -0.228 e. The van der Waals surface area contributed by atoms with Crippen LogP contribution in [-0.4, -0.2) is 25.6 Å². The second kappa shape index (κ2) is 2.65. The number of nitrogens with zero attached hydrogens (tertiary/aromatic N) is 4. The molecule has 0 aliphatic heterocycles. The molecule has 0 amide bonds. The van der Waals surface area contributed by atoms with Crippen LogP contribution in [0.5, 0.6) is 0 Å². The van der Waals surface area contributed by atoms with Gasteiger partial charge in [-0.25, -0.2) is 4.98 Å². The van der Waals surface area contributed by atoms with Gasteiger partial charge in [0.05, 0.1) is 5.56 Å². The van der Waals surface area contributed by atoms with Gasteiger partial charge in [-0.3, -0.25) is 0 Å². The predicted octanol–water partition coefficient (Wildman–Crippen LogP) is 0.401. The number of H-pyrrole nitrogens is 1. The molecule has 60 valence electrons. The number of hydrogen-bond acceptors (Lipinski definition) is 4. The normalized spacial score (nSPS) is 10.1. The number of rotatable bonds is 1. The fourth-order valence-electron chi connectivity index (χ4n) is 0.829. The van der Waals surface area contributed by atoms with E-state index in [0.29, 0.717) is 0 Å². The summed E-state index contributed by atoms with van der Waals surface area (Å²) in [5, 5.41) is 12.8. The maximum Gasteiger partial charge on any atom is 0.224 e. The quantitative estimate of drug-likeness (QED) is 0.621. The molecule has 0 aromatic carbocycles. The van der Waals surface area contributed by atoms with Gasteiger partial charge in [-0.15, -0.1) is 10.2 Å². The summed E-state index contributed by atoms with van der Waals surface area (Å²) in [4.78, 5) is 3.45. The van der Waals surface area contributed by atoms with Crippen LogP contribution in [0.2, 0.25) is 0 Å². The van der Waals surface area contributed by atoms with Crippen molar-refractivity contribution in [3.05, 3.63) is 24.3 Å². The van der Waals surface area contributed by atoms with E-state index in [1.165, 1.54) is 12.3 Å². The number of aromatic amines is 1. The predicted molar refractivity (Wildman–Crippen MR) is 37.4 cm³/mol. The summed E-state index contributed by atoms with van der Waals surface area (Å²) in [6.45, 7) is 0. The van der Waals surface area contributed by atoms with Crippen molar-refractivity contribution in [2.24, 2.45) is 0 Å². The van der Waals surface area contributed by atoms with Crippen LogP contribution in [0.15, 0.2) is 18.3 Å². The van der Waals surface area contributed by atoms with Gasteiger partial charge in [0.15, 0.2) is 0 Å². The molecule has 0 atom stereocenters. The van der Waals surface area contributed by atoms with Gasteiger partial charge in [0.2, 0.25) is 11.8 Å². The zero-order chi connectivity index (χ0) is 8.39. The highest BCUT2D eigenvalue weighted by Crippen LogP contribution is 2.13. The van der Waals surface area contributed by atoms with Crippen molar-refractivity contribution in [1.29, 1.82) is 0 Å². The van der Waals surface area contributed by atoms with Crippen molar-refractivity contribution in [2.75, 3.05) is 0 Å². The number of pyridine rings is 1. The van der Waals surface area contributed by atoms with E-state index < -0.39 is 5.95 Å². The van der Waals surface area contributed by atoms with Crippen LogP contribution in [0.4, 0.5) is 4.39 Å². The SMILES string of the molecule is Fc1ncccc1-c1nn[nH]n1. The molecule has 0 unspecified atom stereocenters. The van der Waals surface area contributed by atoms with Crippen molar-refractivity contribution in [1.82, 2.24) is 25.6 Å². The highest BCUT2D eigenvalue weighted by Gasteiger charge is 2.08. The Morgan fingerprint density at radius 2 is 2.33 bits per heavy atom. The molecule has 5 nitrogen and oxygen atoms in total. The first-order chi connectivity index (χ1) is 5.88. The van der Waals surface area contributed by atoms with Crippen molar-refractivity contribution >= 4 is 0 Å². The summed E-state index contributed by atoms with van der Waals surface area (Å²) < 4.78 is 12.9. The highest BCUT2D eigenvalue weighted by molar-refractivity contribution is 5.52. The zero-order valence-corrected chi connectivity index (χ0v) is 5.90. The molecule has 0 aliphatic carbocycles. The van der Waals surface area contributed by atoms with Crippen molar-refractivity contribution in [3.63, 3.8) is 0 Å². The molecule has 0 saturated carbocycles. The van der Waals surface area contributed by atoms with Gasteiger partial charge < -0.3 is 0 Å². The minimum absolute atomic E-state index is 0.209. The monoisotopic (exact) mass is 165 g/mol. The van der Waals surface area contributed by atoms with Gasteiger partial charge in [-0.05, 0) is 17.3 Å². The van der Waals surface area contributed by atoms with E-state index in [9.17, 15) is 4.39 Å². The maximum absolute atomic E-state index is 12.9. The molecule has 12 heavy (non-hydrogen) atoms. The third-order valence-electron chi connectivity index (χ3n) is 1.35. The Balaban J connectivity index is 2.55. The third-order valence-corrected chi connectivity index (χ3v) is 1.35. The molecular weight excluding hydrogens is 161 g/mol. The fourth-order valence-corrected chi connectivity index (χ4v) is 0.829. The summed E-state index contributed by atoms with van der Waals surface area (Å²) in [5.74, 6) is -0.389. The van der Waals surface area contributed by atoms with E-state index in [1.807, 2.05) is 0 Å². The number of halogens is 1. The second-order valence-electron chi connectivity index (χ2n) is 2.08. The van der Waals surface area contributed by atoms with E-state index in [0.717, 1.165) is 0 Å². The number of aromatic nitrogens is 5. The second-order valence-corrected chi connectivity index (χ2v) is 2.08. The van der Waals surface area contributed by atoms with E-state index >= 15 is 0 Å². The molecule has 0 saturated heterocycles. The largest absolute Gasteiger partial charge is 0.228 e. The lowest BCUT2D eigenvalue weighted by Crippen LogP contribution is -1.89. The smallest absolute Gasteiger partial charge is 0.224 e. The van der Waals surface area contributed by atoms with Gasteiger partial charge in [0.25, 0.3) is 0 Å². The van der Waals surface area contributed by atoms with Crippen LogP contribution in [0.3, 0.4) is 0 Å². The summed E-state index contributed by atoms with van der Waals surface area (Å²) >= 11 is 0. The molecule has 0 aliphatic rings. The molecule has 0 spiro atoms. The Bertz CT molecular complexity index is 371. The number of hydrogen-bond donors (Lipinski definition) is 1. The summed E-state index contributed by atoms with van der Waals surface area (Å²) in [6.07, 6.45) is 1.36. The number of nitrogens with one attached hydrogen (secondary N) is 1. The Labute approximate surface area is 66.6 Å². The van der Waals surface area contributed by atoms with Gasteiger partial charge in [-0.1, -0.05) is 0 Å². The summed E-state index contributed by atoms with van der Waals surface area (Å²) in [7, 11) is 0. The molecule has 2 aromatic heterocycles. The first-order valence-corrected chi connectivity index (χ1v) is 3.22. The Morgan fingerprint density at radius 1 is 1.42 bits per heavy atom. The molecule has 6 heteroatoms. The van der Waals surface area contributed by atoms with Crippen molar-refractivity contribution in [2.45, 2.75) is 0 Å². The van der Waals surface area contributed by atoms with Crippen molar-refractivity contribution < 1.29 is 4.39 Å². The average Bonchev–Trinajstić information content (AvgIpc) is 2.57. The van der Waals surface area contributed by atoms with Crippen molar-refractivity contribution in [3.8, 4) is 11.4 Å². The van der Waals surface area contributed by atoms with E-state index in [1.54, 1.807) is 6.07 Å². The first kappa shape index (κ1) is 6.84. The molecule has 0 radical (unpaired) electrons. The topological polar surface area (TPSA) is 67.3 Å². The molecule has 2 heterocycles.